The third-order valence-electron chi connectivity index (χ3n) is 3.82. The molecule has 0 saturated heterocycles. The molecule has 0 aromatic heterocycles. The summed E-state index contributed by atoms with van der Waals surface area (Å²) in [7, 11) is 0. The van der Waals surface area contributed by atoms with Crippen molar-refractivity contribution in [3.8, 4) is 11.5 Å². The summed E-state index contributed by atoms with van der Waals surface area (Å²) < 4.78 is 5.34. The summed E-state index contributed by atoms with van der Waals surface area (Å²) in [5.74, 6) is 0.586. The lowest BCUT2D eigenvalue weighted by atomic mass is 10.1. The van der Waals surface area contributed by atoms with Crippen LogP contribution in [0.1, 0.15) is 27.0 Å². The monoisotopic (exact) mass is 348 g/mol. The molecule has 0 heterocycles. The fraction of sp³-hybridized carbons (Fsp3) is 0.136. The minimum absolute atomic E-state index is 0.352. The van der Waals surface area contributed by atoms with E-state index in [9.17, 15) is 4.79 Å². The molecule has 4 nitrogen and oxygen atoms in total. The van der Waals surface area contributed by atoms with Gasteiger partial charge in [-0.3, -0.25) is 0 Å². The zero-order chi connectivity index (χ0) is 18.4. The van der Waals surface area contributed by atoms with Crippen molar-refractivity contribution in [2.24, 2.45) is 0 Å². The molecule has 0 fully saturated rings. The Labute approximate surface area is 152 Å². The molecule has 4 heteroatoms. The van der Waals surface area contributed by atoms with Crippen LogP contribution in [-0.4, -0.2) is 5.97 Å². The summed E-state index contributed by atoms with van der Waals surface area (Å²) in [6.45, 7) is 4.35. The lowest BCUT2D eigenvalue weighted by Gasteiger charge is -2.07. The zero-order valence-corrected chi connectivity index (χ0v) is 14.8. The SMILES string of the molecule is Cc1ccc(COOc2ccc(OC(=O)c3ccc(C)cc3)cc2)cc1. The van der Waals surface area contributed by atoms with Gasteiger partial charge in [0.15, 0.2) is 5.75 Å². The Morgan fingerprint density at radius 3 is 1.88 bits per heavy atom. The van der Waals surface area contributed by atoms with Gasteiger partial charge in [-0.25, -0.2) is 4.79 Å². The molecule has 0 bridgehead atoms. The second kappa shape index (κ2) is 8.32. The van der Waals surface area contributed by atoms with Gasteiger partial charge in [-0.1, -0.05) is 47.5 Å². The van der Waals surface area contributed by atoms with Gasteiger partial charge in [-0.2, -0.15) is 4.89 Å². The van der Waals surface area contributed by atoms with Gasteiger partial charge in [-0.15, -0.1) is 0 Å². The highest BCUT2D eigenvalue weighted by molar-refractivity contribution is 5.91. The van der Waals surface area contributed by atoms with Crippen molar-refractivity contribution in [3.63, 3.8) is 0 Å². The van der Waals surface area contributed by atoms with Crippen molar-refractivity contribution < 1.29 is 19.3 Å². The first-order chi connectivity index (χ1) is 12.6. The standard InChI is InChI=1S/C22H20O4/c1-16-3-7-18(8-4-16)15-24-26-21-13-11-20(12-14-21)25-22(23)19-9-5-17(2)6-10-19/h3-14H,15H2,1-2H3. The third kappa shape index (κ3) is 4.94. The number of esters is 1. The molecule has 0 aliphatic heterocycles. The molecule has 0 amide bonds. The normalized spacial score (nSPS) is 10.4. The van der Waals surface area contributed by atoms with E-state index in [4.69, 9.17) is 14.5 Å². The number of hydrogen-bond donors (Lipinski definition) is 0. The van der Waals surface area contributed by atoms with Crippen molar-refractivity contribution in [2.45, 2.75) is 20.5 Å². The largest absolute Gasteiger partial charge is 0.423 e. The molecule has 3 aromatic carbocycles. The summed E-state index contributed by atoms with van der Waals surface area (Å²) in [5.41, 5.74) is 3.83. The number of benzene rings is 3. The number of hydrogen-bond acceptors (Lipinski definition) is 4. The van der Waals surface area contributed by atoms with Crippen molar-refractivity contribution in [1.82, 2.24) is 0 Å². The van der Waals surface area contributed by atoms with Gasteiger partial charge in [0.2, 0.25) is 0 Å². The molecule has 132 valence electrons. The van der Waals surface area contributed by atoms with Crippen LogP contribution < -0.4 is 9.62 Å². The predicted octanol–water partition coefficient (Wildman–Crippen LogP) is 5.03. The second-order valence-electron chi connectivity index (χ2n) is 6.06. The quantitative estimate of drug-likeness (QED) is 0.271. The van der Waals surface area contributed by atoms with Gasteiger partial charge in [0.05, 0.1) is 5.56 Å². The Kier molecular flexibility index (Phi) is 5.66. The predicted molar refractivity (Wildman–Crippen MR) is 99.2 cm³/mol. The highest BCUT2D eigenvalue weighted by Gasteiger charge is 2.08. The molecule has 0 aliphatic carbocycles. The average molecular weight is 348 g/mol. The number of carbonyl (C=O) groups is 1. The first-order valence-corrected chi connectivity index (χ1v) is 8.34. The molecule has 0 unspecified atom stereocenters. The van der Waals surface area contributed by atoms with Crippen molar-refractivity contribution in [3.05, 3.63) is 95.1 Å². The molecule has 0 aliphatic rings. The van der Waals surface area contributed by atoms with Crippen molar-refractivity contribution >= 4 is 5.97 Å². The van der Waals surface area contributed by atoms with E-state index in [1.807, 2.05) is 50.2 Å². The van der Waals surface area contributed by atoms with Crippen LogP contribution in [0.2, 0.25) is 0 Å². The Morgan fingerprint density at radius 2 is 1.27 bits per heavy atom. The Balaban J connectivity index is 1.50. The number of rotatable bonds is 6. The van der Waals surface area contributed by atoms with E-state index < -0.39 is 5.97 Å². The molecule has 0 saturated carbocycles. The van der Waals surface area contributed by atoms with Crippen LogP contribution in [0.15, 0.2) is 72.8 Å². The Hall–Kier alpha value is -3.11. The zero-order valence-electron chi connectivity index (χ0n) is 14.8. The van der Waals surface area contributed by atoms with Crippen LogP contribution in [-0.2, 0) is 11.5 Å². The summed E-state index contributed by atoms with van der Waals surface area (Å²) in [4.78, 5) is 22.6. The summed E-state index contributed by atoms with van der Waals surface area (Å²) >= 11 is 0. The maximum absolute atomic E-state index is 12.1. The average Bonchev–Trinajstić information content (AvgIpc) is 2.65. The van der Waals surface area contributed by atoms with Gasteiger partial charge < -0.3 is 9.62 Å². The number of ether oxygens (including phenoxy) is 1. The van der Waals surface area contributed by atoms with Crippen LogP contribution >= 0.6 is 0 Å². The Morgan fingerprint density at radius 1 is 0.731 bits per heavy atom. The topological polar surface area (TPSA) is 44.8 Å². The van der Waals surface area contributed by atoms with Crippen LogP contribution in [0.3, 0.4) is 0 Å². The highest BCUT2D eigenvalue weighted by atomic mass is 17.2. The van der Waals surface area contributed by atoms with Crippen LogP contribution in [0.25, 0.3) is 0 Å². The van der Waals surface area contributed by atoms with Crippen molar-refractivity contribution in [2.75, 3.05) is 0 Å². The molecule has 0 spiro atoms. The second-order valence-corrected chi connectivity index (χ2v) is 6.06. The van der Waals surface area contributed by atoms with Crippen molar-refractivity contribution in [1.29, 1.82) is 0 Å². The molecular weight excluding hydrogens is 328 g/mol. The minimum Gasteiger partial charge on any atom is -0.423 e. The molecule has 0 N–H and O–H groups in total. The van der Waals surface area contributed by atoms with Gasteiger partial charge in [0.25, 0.3) is 0 Å². The Bertz CT molecular complexity index is 850. The van der Waals surface area contributed by atoms with Gasteiger partial charge in [0.1, 0.15) is 12.4 Å². The first-order valence-electron chi connectivity index (χ1n) is 8.34. The lowest BCUT2D eigenvalue weighted by Crippen LogP contribution is -2.08. The number of aryl methyl sites for hydroxylation is 2. The molecule has 3 rings (SSSR count). The fourth-order valence-corrected chi connectivity index (χ4v) is 2.27. The molecule has 0 radical (unpaired) electrons. The molecule has 26 heavy (non-hydrogen) atoms. The third-order valence-corrected chi connectivity index (χ3v) is 3.82. The summed E-state index contributed by atoms with van der Waals surface area (Å²) in [6, 6.07) is 22.0. The molecule has 3 aromatic rings. The summed E-state index contributed by atoms with van der Waals surface area (Å²) in [5, 5.41) is 0. The summed E-state index contributed by atoms with van der Waals surface area (Å²) in [6.07, 6.45) is 0. The van der Waals surface area contributed by atoms with Crippen LogP contribution in [0.4, 0.5) is 0 Å². The minimum atomic E-state index is -0.394. The highest BCUT2D eigenvalue weighted by Crippen LogP contribution is 2.19. The van der Waals surface area contributed by atoms with E-state index >= 15 is 0 Å². The molecule has 0 atom stereocenters. The van der Waals surface area contributed by atoms with E-state index in [-0.39, 0.29) is 0 Å². The number of carbonyl (C=O) groups excluding carboxylic acids is 1. The first kappa shape index (κ1) is 17.7. The van der Waals surface area contributed by atoms with Gasteiger partial charge in [0, 0.05) is 0 Å². The van der Waals surface area contributed by atoms with E-state index in [1.165, 1.54) is 5.56 Å². The van der Waals surface area contributed by atoms with Crippen LogP contribution in [0.5, 0.6) is 11.5 Å². The van der Waals surface area contributed by atoms with Gasteiger partial charge in [-0.05, 0) is 55.8 Å². The van der Waals surface area contributed by atoms with Crippen LogP contribution in [0, 0.1) is 13.8 Å². The van der Waals surface area contributed by atoms with E-state index in [0.29, 0.717) is 23.7 Å². The maximum atomic E-state index is 12.1. The maximum Gasteiger partial charge on any atom is 0.343 e. The lowest BCUT2D eigenvalue weighted by molar-refractivity contribution is -0.217. The van der Waals surface area contributed by atoms with Gasteiger partial charge >= 0.3 is 5.97 Å². The van der Waals surface area contributed by atoms with E-state index in [0.717, 1.165) is 11.1 Å². The molecular formula is C22H20O4. The smallest absolute Gasteiger partial charge is 0.343 e. The van der Waals surface area contributed by atoms with E-state index in [1.54, 1.807) is 36.4 Å². The van der Waals surface area contributed by atoms with E-state index in [2.05, 4.69) is 0 Å². The fourth-order valence-electron chi connectivity index (χ4n) is 2.27.